The van der Waals surface area contributed by atoms with Gasteiger partial charge in [0.25, 0.3) is 0 Å². The van der Waals surface area contributed by atoms with Crippen LogP contribution in [-0.4, -0.2) is 55.3 Å². The van der Waals surface area contributed by atoms with E-state index in [1.165, 1.54) is 12.8 Å². The number of likely N-dealkylation sites (tertiary alicyclic amines) is 1. The van der Waals surface area contributed by atoms with Crippen LogP contribution in [0.5, 0.6) is 0 Å². The fourth-order valence-electron chi connectivity index (χ4n) is 3.16. The number of methoxy groups -OCH3 is 1. The Morgan fingerprint density at radius 3 is 3.09 bits per heavy atom. The molecule has 3 rings (SSSR count). The molecule has 0 unspecified atom stereocenters. The van der Waals surface area contributed by atoms with Crippen molar-refractivity contribution in [2.45, 2.75) is 37.8 Å². The van der Waals surface area contributed by atoms with Gasteiger partial charge in [-0.15, -0.1) is 11.3 Å². The molecule has 1 saturated heterocycles. The van der Waals surface area contributed by atoms with Gasteiger partial charge < -0.3 is 15.4 Å². The van der Waals surface area contributed by atoms with E-state index in [1.54, 1.807) is 18.4 Å². The average molecular weight is 338 g/mol. The van der Waals surface area contributed by atoms with Crippen molar-refractivity contribution < 1.29 is 9.53 Å². The Hall–Kier alpha value is -1.18. The Balaban J connectivity index is 1.48. The first-order valence-corrected chi connectivity index (χ1v) is 9.32. The van der Waals surface area contributed by atoms with Crippen molar-refractivity contribution in [2.24, 2.45) is 5.92 Å². The summed E-state index contributed by atoms with van der Waals surface area (Å²) in [5.41, 5.74) is 0. The van der Waals surface area contributed by atoms with Crippen molar-refractivity contribution in [2.75, 3.05) is 33.4 Å². The van der Waals surface area contributed by atoms with Crippen LogP contribution in [0.3, 0.4) is 0 Å². The maximum atomic E-state index is 12.4. The lowest BCUT2D eigenvalue weighted by molar-refractivity contribution is 0.123. The molecule has 1 aromatic heterocycles. The van der Waals surface area contributed by atoms with Gasteiger partial charge in [-0.25, -0.2) is 9.78 Å². The molecule has 2 aliphatic rings. The van der Waals surface area contributed by atoms with E-state index < -0.39 is 0 Å². The van der Waals surface area contributed by atoms with Crippen LogP contribution in [-0.2, 0) is 4.74 Å². The minimum absolute atomic E-state index is 0.0595. The molecular weight excluding hydrogens is 312 g/mol. The number of thiazole rings is 1. The zero-order valence-corrected chi connectivity index (χ0v) is 14.5. The molecule has 6 nitrogen and oxygen atoms in total. The third-order valence-corrected chi connectivity index (χ3v) is 5.41. The first kappa shape index (κ1) is 16.7. The molecule has 2 atom stereocenters. The Bertz CT molecular complexity index is 492. The van der Waals surface area contributed by atoms with E-state index in [-0.39, 0.29) is 18.1 Å². The Morgan fingerprint density at radius 2 is 2.39 bits per heavy atom. The second kappa shape index (κ2) is 8.08. The van der Waals surface area contributed by atoms with E-state index in [0.717, 1.165) is 44.1 Å². The SMILES string of the molecule is COCCN1CCC[C@H](NC(=O)N[C@@H](c2nccs2)C2CC2)C1. The highest BCUT2D eigenvalue weighted by atomic mass is 32.1. The average Bonchev–Trinajstić information content (AvgIpc) is 3.25. The highest BCUT2D eigenvalue weighted by Gasteiger charge is 2.35. The van der Waals surface area contributed by atoms with Gasteiger partial charge in [0.05, 0.1) is 12.6 Å². The number of ether oxygens (including phenoxy) is 1. The normalized spacial score (nSPS) is 23.4. The lowest BCUT2D eigenvalue weighted by Gasteiger charge is -2.33. The largest absolute Gasteiger partial charge is 0.383 e. The van der Waals surface area contributed by atoms with Crippen molar-refractivity contribution >= 4 is 17.4 Å². The summed E-state index contributed by atoms with van der Waals surface area (Å²) in [6.45, 7) is 3.67. The number of nitrogens with one attached hydrogen (secondary N) is 2. The molecule has 0 aromatic carbocycles. The third-order valence-electron chi connectivity index (χ3n) is 4.55. The van der Waals surface area contributed by atoms with Crippen LogP contribution in [0.4, 0.5) is 4.79 Å². The number of hydrogen-bond donors (Lipinski definition) is 2. The van der Waals surface area contributed by atoms with Gasteiger partial charge in [0.2, 0.25) is 0 Å². The van der Waals surface area contributed by atoms with E-state index in [9.17, 15) is 4.79 Å². The monoisotopic (exact) mass is 338 g/mol. The van der Waals surface area contributed by atoms with Crippen molar-refractivity contribution in [3.05, 3.63) is 16.6 Å². The fourth-order valence-corrected chi connectivity index (χ4v) is 3.94. The molecule has 1 saturated carbocycles. The second-order valence-corrected chi connectivity index (χ2v) is 7.36. The lowest BCUT2D eigenvalue weighted by Crippen LogP contribution is -2.51. The molecule has 7 heteroatoms. The van der Waals surface area contributed by atoms with Gasteiger partial charge in [-0.3, -0.25) is 4.90 Å². The summed E-state index contributed by atoms with van der Waals surface area (Å²) >= 11 is 1.62. The minimum Gasteiger partial charge on any atom is -0.383 e. The number of carbonyl (C=O) groups excluding carboxylic acids is 1. The van der Waals surface area contributed by atoms with E-state index in [2.05, 4.69) is 20.5 Å². The van der Waals surface area contributed by atoms with Gasteiger partial charge in [-0.2, -0.15) is 0 Å². The molecule has 1 aliphatic heterocycles. The topological polar surface area (TPSA) is 66.5 Å². The first-order valence-electron chi connectivity index (χ1n) is 8.44. The first-order chi connectivity index (χ1) is 11.3. The Labute approximate surface area is 141 Å². The number of amides is 2. The van der Waals surface area contributed by atoms with E-state index in [0.29, 0.717) is 5.92 Å². The highest BCUT2D eigenvalue weighted by Crippen LogP contribution is 2.41. The summed E-state index contributed by atoms with van der Waals surface area (Å²) in [6, 6.07) is 0.232. The van der Waals surface area contributed by atoms with Crippen LogP contribution in [0, 0.1) is 5.92 Å². The molecule has 1 aromatic rings. The quantitative estimate of drug-likeness (QED) is 0.798. The van der Waals surface area contributed by atoms with Gasteiger partial charge in [0.1, 0.15) is 5.01 Å². The summed E-state index contributed by atoms with van der Waals surface area (Å²) < 4.78 is 5.14. The minimum atomic E-state index is -0.0595. The highest BCUT2D eigenvalue weighted by molar-refractivity contribution is 7.09. The summed E-state index contributed by atoms with van der Waals surface area (Å²) in [5, 5.41) is 9.28. The van der Waals surface area contributed by atoms with Crippen molar-refractivity contribution in [3.63, 3.8) is 0 Å². The smallest absolute Gasteiger partial charge is 0.315 e. The number of rotatable bonds is 7. The number of nitrogens with zero attached hydrogens (tertiary/aromatic N) is 2. The molecule has 2 amide bonds. The van der Waals surface area contributed by atoms with Crippen LogP contribution < -0.4 is 10.6 Å². The molecular formula is C16H26N4O2S. The predicted octanol–water partition coefficient (Wildman–Crippen LogP) is 2.00. The molecule has 2 N–H and O–H groups in total. The molecule has 1 aliphatic carbocycles. The van der Waals surface area contributed by atoms with Gasteiger partial charge in [-0.1, -0.05) is 0 Å². The fraction of sp³-hybridized carbons (Fsp3) is 0.750. The maximum absolute atomic E-state index is 12.4. The summed E-state index contributed by atoms with van der Waals surface area (Å²) in [5.74, 6) is 0.552. The number of hydrogen-bond acceptors (Lipinski definition) is 5. The van der Waals surface area contributed by atoms with Gasteiger partial charge in [0, 0.05) is 37.8 Å². The van der Waals surface area contributed by atoms with E-state index in [1.807, 2.05) is 11.6 Å². The third kappa shape index (κ3) is 4.89. The number of aromatic nitrogens is 1. The summed E-state index contributed by atoms with van der Waals surface area (Å²) in [4.78, 5) is 19.1. The summed E-state index contributed by atoms with van der Waals surface area (Å²) in [7, 11) is 1.73. The zero-order valence-electron chi connectivity index (χ0n) is 13.7. The molecule has 0 spiro atoms. The molecule has 23 heavy (non-hydrogen) atoms. The predicted molar refractivity (Wildman–Crippen MR) is 90.6 cm³/mol. The number of urea groups is 1. The van der Waals surface area contributed by atoms with Crippen LogP contribution in [0.2, 0.25) is 0 Å². The summed E-state index contributed by atoms with van der Waals surface area (Å²) in [6.07, 6.45) is 6.33. The lowest BCUT2D eigenvalue weighted by atomic mass is 10.1. The Morgan fingerprint density at radius 1 is 1.52 bits per heavy atom. The molecule has 2 heterocycles. The molecule has 0 radical (unpaired) electrons. The second-order valence-electron chi connectivity index (χ2n) is 6.44. The van der Waals surface area contributed by atoms with Crippen molar-refractivity contribution in [3.8, 4) is 0 Å². The van der Waals surface area contributed by atoms with Crippen LogP contribution in [0.1, 0.15) is 36.7 Å². The van der Waals surface area contributed by atoms with E-state index >= 15 is 0 Å². The molecule has 128 valence electrons. The molecule has 2 fully saturated rings. The van der Waals surface area contributed by atoms with Crippen LogP contribution in [0.15, 0.2) is 11.6 Å². The van der Waals surface area contributed by atoms with Crippen molar-refractivity contribution in [1.29, 1.82) is 0 Å². The van der Waals surface area contributed by atoms with Crippen LogP contribution in [0.25, 0.3) is 0 Å². The van der Waals surface area contributed by atoms with Gasteiger partial charge >= 0.3 is 6.03 Å². The number of piperidine rings is 1. The van der Waals surface area contributed by atoms with Gasteiger partial charge in [0.15, 0.2) is 0 Å². The number of carbonyl (C=O) groups is 1. The van der Waals surface area contributed by atoms with Crippen molar-refractivity contribution in [1.82, 2.24) is 20.5 Å². The standard InChI is InChI=1S/C16H26N4O2S/c1-22-9-8-20-7-2-3-13(11-20)18-16(21)19-14(12-4-5-12)15-17-6-10-23-15/h6,10,12-14H,2-5,7-9,11H2,1H3,(H2,18,19,21)/t13-,14+/m0/s1. The zero-order chi connectivity index (χ0) is 16.1. The Kier molecular flexibility index (Phi) is 5.85. The van der Waals surface area contributed by atoms with Crippen LogP contribution >= 0.6 is 11.3 Å². The maximum Gasteiger partial charge on any atom is 0.315 e. The van der Waals surface area contributed by atoms with E-state index in [4.69, 9.17) is 4.74 Å². The molecule has 0 bridgehead atoms. The van der Waals surface area contributed by atoms with Gasteiger partial charge in [-0.05, 0) is 38.1 Å².